The van der Waals surface area contributed by atoms with E-state index in [9.17, 15) is 5.11 Å². The summed E-state index contributed by atoms with van der Waals surface area (Å²) in [6, 6.07) is 6.96. The van der Waals surface area contributed by atoms with Crippen LogP contribution < -0.4 is 5.32 Å². The Balaban J connectivity index is 1.59. The Bertz CT molecular complexity index is 486. The Morgan fingerprint density at radius 2 is 2.19 bits per heavy atom. The second-order valence-corrected chi connectivity index (χ2v) is 6.98. The number of nitrogens with zero attached hydrogens (tertiary/aromatic N) is 1. The fourth-order valence-electron chi connectivity index (χ4n) is 3.81. The number of aromatic hydroxyl groups is 1. The molecule has 0 amide bonds. The molecular weight excluding hydrogens is 260 g/mol. The van der Waals surface area contributed by atoms with Crippen molar-refractivity contribution in [1.82, 2.24) is 10.2 Å². The van der Waals surface area contributed by atoms with Gasteiger partial charge in [0.2, 0.25) is 0 Å². The number of benzene rings is 1. The zero-order chi connectivity index (χ0) is 14.8. The zero-order valence-electron chi connectivity index (χ0n) is 13.3. The lowest BCUT2D eigenvalue weighted by Crippen LogP contribution is -2.33. The van der Waals surface area contributed by atoms with E-state index in [1.807, 2.05) is 12.1 Å². The maximum Gasteiger partial charge on any atom is 0.115 e. The highest BCUT2D eigenvalue weighted by molar-refractivity contribution is 5.38. The minimum atomic E-state index is 0.397. The molecular formula is C18H28N2O. The fraction of sp³-hybridized carbons (Fsp3) is 0.667. The molecule has 2 atom stereocenters. The summed E-state index contributed by atoms with van der Waals surface area (Å²) in [6.07, 6.45) is 4.90. The van der Waals surface area contributed by atoms with Crippen LogP contribution in [-0.2, 0) is 6.42 Å². The Labute approximate surface area is 128 Å². The summed E-state index contributed by atoms with van der Waals surface area (Å²) in [5.74, 6) is 1.17. The number of phenolic OH excluding ortho intramolecular Hbond substituents is 1. The molecule has 1 fully saturated rings. The van der Waals surface area contributed by atoms with Gasteiger partial charge in [-0.05, 0) is 81.8 Å². The summed E-state index contributed by atoms with van der Waals surface area (Å²) in [5.41, 5.74) is 2.73. The van der Waals surface area contributed by atoms with Crippen LogP contribution in [0.2, 0.25) is 0 Å². The van der Waals surface area contributed by atoms with E-state index in [0.717, 1.165) is 18.9 Å². The highest BCUT2D eigenvalue weighted by Crippen LogP contribution is 2.32. The fourth-order valence-corrected chi connectivity index (χ4v) is 3.81. The molecule has 3 heteroatoms. The number of nitrogens with one attached hydrogen (secondary N) is 1. The first-order chi connectivity index (χ1) is 10.1. The monoisotopic (exact) mass is 288 g/mol. The van der Waals surface area contributed by atoms with Crippen LogP contribution in [0.1, 0.15) is 50.3 Å². The van der Waals surface area contributed by atoms with Gasteiger partial charge >= 0.3 is 0 Å². The van der Waals surface area contributed by atoms with Gasteiger partial charge in [-0.3, -0.25) is 0 Å². The first kappa shape index (κ1) is 14.9. The molecule has 3 nitrogen and oxygen atoms in total. The summed E-state index contributed by atoms with van der Waals surface area (Å²) in [4.78, 5) is 2.58. The normalized spacial score (nSPS) is 26.2. The van der Waals surface area contributed by atoms with Gasteiger partial charge in [-0.1, -0.05) is 6.07 Å². The van der Waals surface area contributed by atoms with Crippen LogP contribution in [0.5, 0.6) is 5.75 Å². The molecule has 0 saturated carbocycles. The molecule has 1 aliphatic carbocycles. The van der Waals surface area contributed by atoms with Gasteiger partial charge in [-0.25, -0.2) is 0 Å². The average molecular weight is 288 g/mol. The van der Waals surface area contributed by atoms with E-state index in [0.29, 0.717) is 17.8 Å². The van der Waals surface area contributed by atoms with Gasteiger partial charge in [0.1, 0.15) is 5.75 Å². The van der Waals surface area contributed by atoms with E-state index in [4.69, 9.17) is 0 Å². The Morgan fingerprint density at radius 1 is 1.33 bits per heavy atom. The Morgan fingerprint density at radius 3 is 2.95 bits per heavy atom. The third-order valence-corrected chi connectivity index (χ3v) is 5.14. The lowest BCUT2D eigenvalue weighted by atomic mass is 9.87. The SMILES string of the molecule is CC(C)N1CCC(CNC2CCCc3ccc(O)cc32)C1. The van der Waals surface area contributed by atoms with Gasteiger partial charge in [0.15, 0.2) is 0 Å². The molecule has 1 heterocycles. The van der Waals surface area contributed by atoms with Crippen molar-refractivity contribution in [1.29, 1.82) is 0 Å². The van der Waals surface area contributed by atoms with Crippen LogP contribution >= 0.6 is 0 Å². The third kappa shape index (κ3) is 3.41. The summed E-state index contributed by atoms with van der Waals surface area (Å²) in [7, 11) is 0. The summed E-state index contributed by atoms with van der Waals surface area (Å²) >= 11 is 0. The van der Waals surface area contributed by atoms with Crippen molar-refractivity contribution >= 4 is 0 Å². The van der Waals surface area contributed by atoms with E-state index >= 15 is 0 Å². The van der Waals surface area contributed by atoms with Crippen molar-refractivity contribution in [3.05, 3.63) is 29.3 Å². The van der Waals surface area contributed by atoms with Crippen molar-refractivity contribution < 1.29 is 5.11 Å². The van der Waals surface area contributed by atoms with Crippen LogP contribution in [0.25, 0.3) is 0 Å². The largest absolute Gasteiger partial charge is 0.508 e. The molecule has 0 aromatic heterocycles. The number of rotatable bonds is 4. The molecule has 0 bridgehead atoms. The molecule has 0 radical (unpaired) electrons. The van der Waals surface area contributed by atoms with Crippen molar-refractivity contribution in [3.63, 3.8) is 0 Å². The molecule has 0 spiro atoms. The highest BCUT2D eigenvalue weighted by Gasteiger charge is 2.26. The number of likely N-dealkylation sites (tertiary alicyclic amines) is 1. The minimum absolute atomic E-state index is 0.397. The van der Waals surface area contributed by atoms with Gasteiger partial charge in [0.25, 0.3) is 0 Å². The van der Waals surface area contributed by atoms with Crippen LogP contribution in [0.15, 0.2) is 18.2 Å². The van der Waals surface area contributed by atoms with E-state index in [1.54, 1.807) is 0 Å². The van der Waals surface area contributed by atoms with Crippen LogP contribution in [-0.4, -0.2) is 35.7 Å². The number of phenols is 1. The molecule has 1 aliphatic heterocycles. The molecule has 2 N–H and O–H groups in total. The molecule has 3 rings (SSSR count). The predicted molar refractivity (Wildman–Crippen MR) is 86.6 cm³/mol. The minimum Gasteiger partial charge on any atom is -0.508 e. The molecule has 1 saturated heterocycles. The quantitative estimate of drug-likeness (QED) is 0.893. The number of hydrogen-bond donors (Lipinski definition) is 2. The maximum absolute atomic E-state index is 9.75. The average Bonchev–Trinajstić information content (AvgIpc) is 2.94. The van der Waals surface area contributed by atoms with Crippen molar-refractivity contribution in [2.45, 2.75) is 51.6 Å². The maximum atomic E-state index is 9.75. The molecule has 21 heavy (non-hydrogen) atoms. The van der Waals surface area contributed by atoms with Crippen molar-refractivity contribution in [3.8, 4) is 5.75 Å². The summed E-state index contributed by atoms with van der Waals surface area (Å²) in [5, 5.41) is 13.5. The molecule has 116 valence electrons. The van der Waals surface area contributed by atoms with Crippen LogP contribution in [0, 0.1) is 5.92 Å². The molecule has 2 unspecified atom stereocenters. The van der Waals surface area contributed by atoms with E-state index < -0.39 is 0 Å². The summed E-state index contributed by atoms with van der Waals surface area (Å²) < 4.78 is 0. The van der Waals surface area contributed by atoms with Gasteiger partial charge in [0.05, 0.1) is 0 Å². The van der Waals surface area contributed by atoms with Crippen LogP contribution in [0.4, 0.5) is 0 Å². The predicted octanol–water partition coefficient (Wildman–Crippen LogP) is 3.09. The van der Waals surface area contributed by atoms with Gasteiger partial charge in [-0.2, -0.15) is 0 Å². The smallest absolute Gasteiger partial charge is 0.115 e. The van der Waals surface area contributed by atoms with E-state index in [2.05, 4.69) is 30.1 Å². The van der Waals surface area contributed by atoms with Crippen molar-refractivity contribution in [2.24, 2.45) is 5.92 Å². The second-order valence-electron chi connectivity index (χ2n) is 6.98. The molecule has 1 aromatic rings. The highest BCUT2D eigenvalue weighted by atomic mass is 16.3. The Hall–Kier alpha value is -1.06. The summed E-state index contributed by atoms with van der Waals surface area (Å²) in [6.45, 7) is 8.14. The molecule has 2 aliphatic rings. The first-order valence-corrected chi connectivity index (χ1v) is 8.42. The van der Waals surface area contributed by atoms with E-state index in [-0.39, 0.29) is 0 Å². The van der Waals surface area contributed by atoms with E-state index in [1.165, 1.54) is 43.5 Å². The first-order valence-electron chi connectivity index (χ1n) is 8.42. The lowest BCUT2D eigenvalue weighted by molar-refractivity contribution is 0.262. The standard InChI is InChI=1S/C18H28N2O/c1-13(2)20-9-8-14(12-20)11-19-18-5-3-4-15-6-7-16(21)10-17(15)18/h6-7,10,13-14,18-19,21H,3-5,8-9,11-12H2,1-2H3. The van der Waals surface area contributed by atoms with Gasteiger partial charge < -0.3 is 15.3 Å². The number of aryl methyl sites for hydroxylation is 1. The van der Waals surface area contributed by atoms with Gasteiger partial charge in [0, 0.05) is 18.6 Å². The van der Waals surface area contributed by atoms with Gasteiger partial charge in [-0.15, -0.1) is 0 Å². The zero-order valence-corrected chi connectivity index (χ0v) is 13.3. The molecule has 1 aromatic carbocycles. The van der Waals surface area contributed by atoms with Crippen LogP contribution in [0.3, 0.4) is 0 Å². The number of fused-ring (bicyclic) bond motifs is 1. The topological polar surface area (TPSA) is 35.5 Å². The Kier molecular flexibility index (Phi) is 4.51. The van der Waals surface area contributed by atoms with Crippen molar-refractivity contribution in [2.75, 3.05) is 19.6 Å². The third-order valence-electron chi connectivity index (χ3n) is 5.14. The lowest BCUT2D eigenvalue weighted by Gasteiger charge is -2.28. The number of hydrogen-bond acceptors (Lipinski definition) is 3. The second kappa shape index (κ2) is 6.37.